The van der Waals surface area contributed by atoms with E-state index >= 15 is 0 Å². The molecule has 91 heavy (non-hydrogen) atoms. The standard InChI is InChI=1S/C51H100N22O11.C2HF3O2/c1-26(2)24-35(44(80)69-31(15-10-20-62-48(54)55)40(76)67-32(16-11-21-63-49(56)57)42(78)72-36(47(83)84)25-27(3)4)71-46(82)38(29(7)74)73-43(79)34(18-13-23-65-51(60)61)68-39(75)30(14-8-9-19-52)66-41(77)33(17-12-22-64-50(58)59)70-45(81)37(53)28(5)6;3-2(4,5)1(6)7/h26-38,74H,8-25,52-53H2,1-7H3,(H,66,77)(H,67,76)(H,68,75)(H,69,80)(H,70,81)(H,71,82)(H,72,78)(H,73,79)(H,83,84)(H4,54,55,62)(H4,56,57,63)(H4,58,59,64)(H4,60,61,65);(H,6,7)/t29-,30+,31+,32+,33+,34+,35+,36+,37+,38+;/m1./s1. The second kappa shape index (κ2) is 44.8. The summed E-state index contributed by atoms with van der Waals surface area (Å²) in [5.41, 5.74) is 55.8. The van der Waals surface area contributed by atoms with E-state index in [0.29, 0.717) is 12.8 Å². The molecule has 0 heterocycles. The van der Waals surface area contributed by atoms with Crippen LogP contribution in [0.4, 0.5) is 13.2 Å². The van der Waals surface area contributed by atoms with Crippen LogP contribution in [-0.4, -0.2) is 198 Å². The van der Waals surface area contributed by atoms with Crippen LogP contribution in [0.1, 0.15) is 132 Å². The van der Waals surface area contributed by atoms with Gasteiger partial charge in [0.1, 0.15) is 48.3 Å². The van der Waals surface area contributed by atoms with Crippen molar-refractivity contribution in [2.75, 3.05) is 32.7 Å². The highest BCUT2D eigenvalue weighted by Gasteiger charge is 2.39. The zero-order valence-electron chi connectivity index (χ0n) is 52.9. The third kappa shape index (κ3) is 39.3. The number of nitrogens with zero attached hydrogens (tertiary/aromatic N) is 4. The Labute approximate surface area is 527 Å². The molecular weight excluding hydrogens is 1210 g/mol. The van der Waals surface area contributed by atoms with Crippen molar-refractivity contribution in [2.24, 2.45) is 95.1 Å². The number of hydrogen-bond acceptors (Lipinski definition) is 17. The fourth-order valence-electron chi connectivity index (χ4n) is 8.10. The Hall–Kier alpha value is -8.55. The number of halogens is 3. The number of amides is 8. The maximum Gasteiger partial charge on any atom is 0.490 e. The summed E-state index contributed by atoms with van der Waals surface area (Å²) in [6, 6.07) is -12.2. The minimum absolute atomic E-state index is 0.00518. The Bertz CT molecular complexity index is 2440. The smallest absolute Gasteiger partial charge is 0.480 e. The van der Waals surface area contributed by atoms with Crippen molar-refractivity contribution in [1.29, 1.82) is 0 Å². The Morgan fingerprint density at radius 1 is 0.407 bits per heavy atom. The molecular formula is C53H101F3N22O13. The summed E-state index contributed by atoms with van der Waals surface area (Å²) in [6.07, 6.45) is -5.59. The second-order valence-electron chi connectivity index (χ2n) is 22.4. The molecule has 38 heteroatoms. The molecule has 0 aliphatic carbocycles. The van der Waals surface area contributed by atoms with E-state index < -0.39 is 126 Å². The lowest BCUT2D eigenvalue weighted by Crippen LogP contribution is -2.62. The Kier molecular flexibility index (Phi) is 41.6. The number of aliphatic hydroxyl groups excluding tert-OH is 1. The summed E-state index contributed by atoms with van der Waals surface area (Å²) in [6.45, 7) is 12.1. The van der Waals surface area contributed by atoms with Gasteiger partial charge in [0.15, 0.2) is 23.8 Å². The van der Waals surface area contributed by atoms with E-state index in [0.717, 1.165) is 0 Å². The minimum Gasteiger partial charge on any atom is -0.480 e. The van der Waals surface area contributed by atoms with E-state index in [2.05, 4.69) is 62.5 Å². The summed E-state index contributed by atoms with van der Waals surface area (Å²) in [5, 5.41) is 48.8. The van der Waals surface area contributed by atoms with Gasteiger partial charge in [-0.15, -0.1) is 0 Å². The summed E-state index contributed by atoms with van der Waals surface area (Å²) in [5.74, 6) is -12.5. The number of hydrogen-bond donors (Lipinski definition) is 21. The number of carboxylic acid groups (broad SMARTS) is 2. The predicted octanol–water partition coefficient (Wildman–Crippen LogP) is -5.62. The number of unbranched alkanes of at least 4 members (excludes halogenated alkanes) is 1. The molecule has 0 aromatic carbocycles. The fraction of sp³-hybridized carbons (Fsp3) is 0.736. The number of nitrogens with two attached hydrogens (primary N) is 10. The molecule has 0 aliphatic heterocycles. The summed E-state index contributed by atoms with van der Waals surface area (Å²) < 4.78 is 31.7. The lowest BCUT2D eigenvalue weighted by Gasteiger charge is -2.29. The van der Waals surface area contributed by atoms with Crippen LogP contribution >= 0.6 is 0 Å². The van der Waals surface area contributed by atoms with Crippen molar-refractivity contribution >= 4 is 83.0 Å². The van der Waals surface area contributed by atoms with E-state index in [4.69, 9.17) is 67.2 Å². The lowest BCUT2D eigenvalue weighted by atomic mass is 10.0. The topological polar surface area (TPSA) is 637 Å². The van der Waals surface area contributed by atoms with Gasteiger partial charge in [0, 0.05) is 26.2 Å². The lowest BCUT2D eigenvalue weighted by molar-refractivity contribution is -0.192. The fourth-order valence-corrected chi connectivity index (χ4v) is 8.10. The van der Waals surface area contributed by atoms with E-state index in [1.54, 1.807) is 41.5 Å². The summed E-state index contributed by atoms with van der Waals surface area (Å²) in [7, 11) is 0. The number of aliphatic hydroxyl groups is 1. The van der Waals surface area contributed by atoms with Crippen LogP contribution < -0.4 is 99.9 Å². The molecule has 0 aliphatic rings. The molecule has 0 radical (unpaired) electrons. The monoisotopic (exact) mass is 1310 g/mol. The first-order valence-electron chi connectivity index (χ1n) is 29.6. The van der Waals surface area contributed by atoms with Crippen molar-refractivity contribution in [3.63, 3.8) is 0 Å². The molecule has 522 valence electrons. The van der Waals surface area contributed by atoms with Crippen molar-refractivity contribution in [3.8, 4) is 0 Å². The highest BCUT2D eigenvalue weighted by molar-refractivity contribution is 5.98. The molecule has 0 aromatic heterocycles. The Morgan fingerprint density at radius 2 is 0.670 bits per heavy atom. The van der Waals surface area contributed by atoms with Crippen LogP contribution in [0.2, 0.25) is 0 Å². The second-order valence-corrected chi connectivity index (χ2v) is 22.4. The largest absolute Gasteiger partial charge is 0.490 e. The number of carbonyl (C=O) groups is 10. The minimum atomic E-state index is -5.08. The average molecular weight is 1310 g/mol. The predicted molar refractivity (Wildman–Crippen MR) is 333 cm³/mol. The van der Waals surface area contributed by atoms with Gasteiger partial charge < -0.3 is 115 Å². The molecule has 31 N–H and O–H groups in total. The van der Waals surface area contributed by atoms with E-state index in [9.17, 15) is 66.5 Å². The first-order chi connectivity index (χ1) is 42.2. The van der Waals surface area contributed by atoms with Gasteiger partial charge >= 0.3 is 18.1 Å². The maximum absolute atomic E-state index is 14.3. The van der Waals surface area contributed by atoms with Crippen LogP contribution in [0.5, 0.6) is 0 Å². The molecule has 8 amide bonds. The molecule has 0 unspecified atom stereocenters. The quantitative estimate of drug-likeness (QED) is 0.0154. The molecule has 0 bridgehead atoms. The van der Waals surface area contributed by atoms with Crippen molar-refractivity contribution in [3.05, 3.63) is 0 Å². The van der Waals surface area contributed by atoms with Crippen LogP contribution in [0.15, 0.2) is 20.0 Å². The zero-order valence-corrected chi connectivity index (χ0v) is 52.9. The number of aliphatic imine (C=N–C) groups is 4. The molecule has 0 rings (SSSR count). The third-order valence-electron chi connectivity index (χ3n) is 12.9. The highest BCUT2D eigenvalue weighted by atomic mass is 19.4. The van der Waals surface area contributed by atoms with E-state index in [1.807, 2.05) is 0 Å². The van der Waals surface area contributed by atoms with Crippen molar-refractivity contribution in [1.82, 2.24) is 42.5 Å². The molecule has 0 aromatic rings. The number of guanidine groups is 4. The van der Waals surface area contributed by atoms with Gasteiger partial charge in [-0.1, -0.05) is 41.5 Å². The van der Waals surface area contributed by atoms with Crippen LogP contribution in [0.25, 0.3) is 0 Å². The van der Waals surface area contributed by atoms with Crippen LogP contribution in [0, 0.1) is 17.8 Å². The van der Waals surface area contributed by atoms with Crippen molar-refractivity contribution < 1.29 is 76.4 Å². The van der Waals surface area contributed by atoms with Gasteiger partial charge in [-0.05, 0) is 115 Å². The summed E-state index contributed by atoms with van der Waals surface area (Å²) in [4.78, 5) is 149. The SMILES string of the molecule is CC(C)C[C@H](NC(=O)[C@H](CCCN=C(N)N)NC(=O)[C@H](CCCN=C(N)N)NC(=O)[C@H](CC(C)C)NC(=O)[C@@H](NC(=O)[C@H](CCCN=C(N)N)NC(=O)[C@H](CCCCN)NC(=O)[C@H](CCCN=C(N)N)NC(=O)[C@@H](N)C(C)C)[C@@H](C)O)C(=O)O.O=C(O)C(F)(F)F. The van der Waals surface area contributed by atoms with Gasteiger partial charge in [-0.3, -0.25) is 58.3 Å². The van der Waals surface area contributed by atoms with Gasteiger partial charge in [-0.2, -0.15) is 13.2 Å². The molecule has 10 atom stereocenters. The van der Waals surface area contributed by atoms with Gasteiger partial charge in [-0.25, -0.2) is 9.59 Å². The van der Waals surface area contributed by atoms with Gasteiger partial charge in [0.2, 0.25) is 47.3 Å². The van der Waals surface area contributed by atoms with Crippen molar-refractivity contribution in [2.45, 2.75) is 199 Å². The first kappa shape index (κ1) is 84.5. The number of nitrogens with one attached hydrogen (secondary N) is 8. The zero-order chi connectivity index (χ0) is 70.3. The molecule has 0 spiro atoms. The highest BCUT2D eigenvalue weighted by Crippen LogP contribution is 2.15. The molecule has 0 fully saturated rings. The van der Waals surface area contributed by atoms with E-state index in [1.165, 1.54) is 6.92 Å². The molecule has 0 saturated carbocycles. The third-order valence-corrected chi connectivity index (χ3v) is 12.9. The van der Waals surface area contributed by atoms with Gasteiger partial charge in [0.05, 0.1) is 12.1 Å². The maximum atomic E-state index is 14.3. The summed E-state index contributed by atoms with van der Waals surface area (Å²) >= 11 is 0. The number of alkyl halides is 3. The Balaban J connectivity index is 0. The number of carboxylic acids is 2. The molecule has 35 nitrogen and oxygen atoms in total. The number of rotatable bonds is 43. The molecule has 0 saturated heterocycles. The number of aliphatic carboxylic acids is 2. The normalized spacial score (nSPS) is 14.4. The van der Waals surface area contributed by atoms with Crippen LogP contribution in [-0.2, 0) is 47.9 Å². The van der Waals surface area contributed by atoms with E-state index in [-0.39, 0.29) is 145 Å². The van der Waals surface area contributed by atoms with Crippen LogP contribution in [0.3, 0.4) is 0 Å². The average Bonchev–Trinajstić information content (AvgIpc) is 1.16. The number of carbonyl (C=O) groups excluding carboxylic acids is 8. The first-order valence-corrected chi connectivity index (χ1v) is 29.6. The van der Waals surface area contributed by atoms with Gasteiger partial charge in [0.25, 0.3) is 0 Å². The Morgan fingerprint density at radius 3 is 0.934 bits per heavy atom.